The summed E-state index contributed by atoms with van der Waals surface area (Å²) in [6.07, 6.45) is 3.72. The summed E-state index contributed by atoms with van der Waals surface area (Å²) in [4.78, 5) is 31.2. The number of benzene rings is 1. The third kappa shape index (κ3) is 4.45. The van der Waals surface area contributed by atoms with Gasteiger partial charge in [-0.3, -0.25) is 14.5 Å². The van der Waals surface area contributed by atoms with Crippen LogP contribution in [0.25, 0.3) is 0 Å². The Labute approximate surface area is 202 Å². The molecule has 0 bridgehead atoms. The van der Waals surface area contributed by atoms with E-state index >= 15 is 0 Å². The number of hydrogen-bond acceptors (Lipinski definition) is 5. The summed E-state index contributed by atoms with van der Waals surface area (Å²) >= 11 is 0. The maximum atomic E-state index is 13.8. The molecule has 1 aromatic heterocycles. The Balaban J connectivity index is 1.66. The number of likely N-dealkylation sites (N-methyl/N-ethyl adjacent to an activating group) is 1. The van der Waals surface area contributed by atoms with Crippen LogP contribution >= 0.6 is 0 Å². The van der Waals surface area contributed by atoms with E-state index in [4.69, 9.17) is 9.47 Å². The number of carbonyl (C=O) groups is 1. The third-order valence-corrected chi connectivity index (χ3v) is 7.48. The lowest BCUT2D eigenvalue weighted by Gasteiger charge is -2.31. The van der Waals surface area contributed by atoms with Crippen molar-refractivity contribution in [1.82, 2.24) is 14.4 Å². The van der Waals surface area contributed by atoms with Gasteiger partial charge in [-0.05, 0) is 69.0 Å². The van der Waals surface area contributed by atoms with Crippen LogP contribution in [0, 0.1) is 6.92 Å². The molecule has 1 atom stereocenters. The number of methoxy groups -OCH3 is 2. The number of fused-ring (bicyclic) bond motifs is 1. The molecule has 3 heterocycles. The van der Waals surface area contributed by atoms with Crippen LogP contribution in [0.3, 0.4) is 0 Å². The highest BCUT2D eigenvalue weighted by atomic mass is 16.5. The van der Waals surface area contributed by atoms with Crippen molar-refractivity contribution in [2.75, 3.05) is 33.9 Å². The van der Waals surface area contributed by atoms with Gasteiger partial charge in [-0.1, -0.05) is 13.8 Å². The molecule has 0 radical (unpaired) electrons. The fraction of sp³-hybridized carbons (Fsp3) is 0.556. The molecule has 1 saturated heterocycles. The van der Waals surface area contributed by atoms with Crippen LogP contribution in [-0.4, -0.2) is 60.2 Å². The fourth-order valence-electron chi connectivity index (χ4n) is 5.62. The monoisotopic (exact) mass is 467 g/mol. The highest BCUT2D eigenvalue weighted by Crippen LogP contribution is 2.33. The second-order valence-electron chi connectivity index (χ2n) is 9.31. The van der Waals surface area contributed by atoms with Gasteiger partial charge in [0.15, 0.2) is 16.9 Å². The van der Waals surface area contributed by atoms with Crippen LogP contribution in [0.1, 0.15) is 59.6 Å². The zero-order valence-electron chi connectivity index (χ0n) is 21.1. The molecule has 0 saturated carbocycles. The van der Waals surface area contributed by atoms with Crippen LogP contribution in [0.5, 0.6) is 11.5 Å². The van der Waals surface area contributed by atoms with E-state index in [0.29, 0.717) is 42.6 Å². The SMILES string of the molecule is CCc1c(C(=O)N2CCc3cc(OC)c(OC)cc3C2)c(=O)cc(C)n1C[C@H]1CCCN1CC. The summed E-state index contributed by atoms with van der Waals surface area (Å²) in [7, 11) is 3.24. The van der Waals surface area contributed by atoms with Crippen molar-refractivity contribution in [2.24, 2.45) is 0 Å². The molecule has 0 aliphatic carbocycles. The topological polar surface area (TPSA) is 64.0 Å². The quantitative estimate of drug-likeness (QED) is 0.624. The van der Waals surface area contributed by atoms with Crippen LogP contribution in [0.4, 0.5) is 0 Å². The lowest BCUT2D eigenvalue weighted by Crippen LogP contribution is -2.40. The molecule has 1 fully saturated rings. The zero-order chi connectivity index (χ0) is 24.4. The van der Waals surface area contributed by atoms with E-state index in [0.717, 1.165) is 55.0 Å². The van der Waals surface area contributed by atoms with Crippen molar-refractivity contribution in [3.63, 3.8) is 0 Å². The van der Waals surface area contributed by atoms with Crippen LogP contribution < -0.4 is 14.9 Å². The maximum Gasteiger partial charge on any atom is 0.259 e. The van der Waals surface area contributed by atoms with Crippen LogP contribution in [0.15, 0.2) is 23.0 Å². The number of aromatic nitrogens is 1. The van der Waals surface area contributed by atoms with Gasteiger partial charge >= 0.3 is 0 Å². The lowest BCUT2D eigenvalue weighted by atomic mass is 9.97. The first-order valence-corrected chi connectivity index (χ1v) is 12.4. The molecule has 0 N–H and O–H groups in total. The lowest BCUT2D eigenvalue weighted by molar-refractivity contribution is 0.0730. The number of pyridine rings is 1. The second kappa shape index (κ2) is 10.2. The molecule has 2 aromatic rings. The van der Waals surface area contributed by atoms with Gasteiger partial charge in [0.1, 0.15) is 5.56 Å². The molecule has 2 aliphatic rings. The summed E-state index contributed by atoms with van der Waals surface area (Å²) in [5.74, 6) is 1.18. The Kier molecular flexibility index (Phi) is 7.31. The first kappa shape index (κ1) is 24.3. The summed E-state index contributed by atoms with van der Waals surface area (Å²) < 4.78 is 13.1. The Morgan fingerprint density at radius 3 is 2.41 bits per heavy atom. The van der Waals surface area contributed by atoms with Gasteiger partial charge in [-0.25, -0.2) is 0 Å². The fourth-order valence-corrected chi connectivity index (χ4v) is 5.62. The van der Waals surface area contributed by atoms with Gasteiger partial charge in [-0.2, -0.15) is 0 Å². The predicted molar refractivity (Wildman–Crippen MR) is 133 cm³/mol. The zero-order valence-corrected chi connectivity index (χ0v) is 21.1. The van der Waals surface area contributed by atoms with Crippen molar-refractivity contribution in [2.45, 2.75) is 65.6 Å². The van der Waals surface area contributed by atoms with Crippen LogP contribution in [-0.2, 0) is 25.9 Å². The number of aryl methyl sites for hydroxylation is 1. The van der Waals surface area contributed by atoms with Gasteiger partial charge in [-0.15, -0.1) is 0 Å². The van der Waals surface area contributed by atoms with Crippen molar-refractivity contribution in [3.8, 4) is 11.5 Å². The first-order valence-electron chi connectivity index (χ1n) is 12.4. The highest BCUT2D eigenvalue weighted by molar-refractivity contribution is 5.95. The number of likely N-dealkylation sites (tertiary alicyclic amines) is 1. The highest BCUT2D eigenvalue weighted by Gasteiger charge is 2.30. The first-order chi connectivity index (χ1) is 16.4. The molecular weight excluding hydrogens is 430 g/mol. The molecule has 0 spiro atoms. The van der Waals surface area contributed by atoms with Gasteiger partial charge in [0.05, 0.1) is 14.2 Å². The molecule has 0 unspecified atom stereocenters. The van der Waals surface area contributed by atoms with E-state index in [1.165, 1.54) is 6.42 Å². The number of amides is 1. The van der Waals surface area contributed by atoms with E-state index in [1.807, 2.05) is 26.0 Å². The van der Waals surface area contributed by atoms with Crippen molar-refractivity contribution < 1.29 is 14.3 Å². The van der Waals surface area contributed by atoms with E-state index in [-0.39, 0.29) is 11.3 Å². The molecule has 184 valence electrons. The van der Waals surface area contributed by atoms with Crippen molar-refractivity contribution >= 4 is 5.91 Å². The average molecular weight is 468 g/mol. The molecular formula is C27H37N3O4. The van der Waals surface area contributed by atoms with Gasteiger partial charge in [0.25, 0.3) is 5.91 Å². The number of carbonyl (C=O) groups excluding carboxylic acids is 1. The number of ether oxygens (including phenoxy) is 2. The minimum absolute atomic E-state index is 0.171. The third-order valence-electron chi connectivity index (χ3n) is 7.48. The number of nitrogens with zero attached hydrogens (tertiary/aromatic N) is 3. The Hall–Kier alpha value is -2.80. The molecule has 7 nitrogen and oxygen atoms in total. The molecule has 1 amide bonds. The molecule has 4 rings (SSSR count). The summed E-state index contributed by atoms with van der Waals surface area (Å²) in [6.45, 7) is 10.2. The normalized spacial score (nSPS) is 18.1. The molecule has 7 heteroatoms. The summed E-state index contributed by atoms with van der Waals surface area (Å²) in [5, 5.41) is 0. The van der Waals surface area contributed by atoms with Crippen LogP contribution in [0.2, 0.25) is 0 Å². The Bertz CT molecular complexity index is 1120. The van der Waals surface area contributed by atoms with E-state index in [2.05, 4.69) is 16.4 Å². The molecule has 1 aromatic carbocycles. The molecule has 34 heavy (non-hydrogen) atoms. The minimum Gasteiger partial charge on any atom is -0.493 e. The molecule has 2 aliphatic heterocycles. The Morgan fingerprint density at radius 1 is 1.06 bits per heavy atom. The Morgan fingerprint density at radius 2 is 1.76 bits per heavy atom. The number of hydrogen-bond donors (Lipinski definition) is 0. The van der Waals surface area contributed by atoms with Gasteiger partial charge in [0.2, 0.25) is 0 Å². The van der Waals surface area contributed by atoms with E-state index < -0.39 is 0 Å². The predicted octanol–water partition coefficient (Wildman–Crippen LogP) is 3.42. The standard InChI is InChI=1S/C27H37N3O4/c1-6-22-26(23(31)13-18(3)30(22)17-21-9-8-11-28(21)7-2)27(32)29-12-10-19-14-24(33-4)25(34-5)15-20(19)16-29/h13-15,21H,6-12,16-17H2,1-5H3/t21-/m1/s1. The minimum atomic E-state index is -0.174. The maximum absolute atomic E-state index is 13.8. The van der Waals surface area contributed by atoms with Crippen molar-refractivity contribution in [3.05, 3.63) is 56.5 Å². The largest absolute Gasteiger partial charge is 0.493 e. The van der Waals surface area contributed by atoms with E-state index in [1.54, 1.807) is 25.2 Å². The smallest absolute Gasteiger partial charge is 0.259 e. The average Bonchev–Trinajstić information content (AvgIpc) is 3.30. The second-order valence-corrected chi connectivity index (χ2v) is 9.31. The summed E-state index contributed by atoms with van der Waals surface area (Å²) in [6, 6.07) is 6.03. The van der Waals surface area contributed by atoms with Gasteiger partial charge < -0.3 is 18.9 Å². The number of rotatable bonds is 7. The van der Waals surface area contributed by atoms with Crippen molar-refractivity contribution in [1.29, 1.82) is 0 Å². The van der Waals surface area contributed by atoms with E-state index in [9.17, 15) is 9.59 Å². The van der Waals surface area contributed by atoms with Gasteiger partial charge in [0, 0.05) is 43.1 Å². The summed E-state index contributed by atoms with van der Waals surface area (Å²) in [5.41, 5.74) is 4.13.